The van der Waals surface area contributed by atoms with Gasteiger partial charge in [0.2, 0.25) is 0 Å². The van der Waals surface area contributed by atoms with Crippen LogP contribution in [0.1, 0.15) is 22.9 Å². The Morgan fingerprint density at radius 1 is 1.26 bits per heavy atom. The van der Waals surface area contributed by atoms with Crippen LogP contribution in [0.15, 0.2) is 18.3 Å². The van der Waals surface area contributed by atoms with Crippen molar-refractivity contribution in [2.24, 2.45) is 0 Å². The molecule has 0 fully saturated rings. The molecular formula is C13H9F2N3S. The van der Waals surface area contributed by atoms with Gasteiger partial charge in [0, 0.05) is 12.2 Å². The van der Waals surface area contributed by atoms with E-state index in [4.69, 9.17) is 17.5 Å². The highest BCUT2D eigenvalue weighted by Gasteiger charge is 2.26. The molecule has 19 heavy (non-hydrogen) atoms. The zero-order valence-electron chi connectivity index (χ0n) is 9.78. The quantitative estimate of drug-likeness (QED) is 0.814. The Morgan fingerprint density at radius 3 is 2.37 bits per heavy atom. The number of benzene rings is 1. The predicted molar refractivity (Wildman–Crippen MR) is 67.1 cm³/mol. The van der Waals surface area contributed by atoms with E-state index in [0.717, 1.165) is 11.1 Å². The SMILES string of the molecule is N#Cc1c[nH]c(=S)n1C1Cc2cc(F)c(F)cc2C1. The summed E-state index contributed by atoms with van der Waals surface area (Å²) in [7, 11) is 0. The van der Waals surface area contributed by atoms with Crippen LogP contribution in [-0.4, -0.2) is 9.55 Å². The summed E-state index contributed by atoms with van der Waals surface area (Å²) in [5.41, 5.74) is 1.98. The van der Waals surface area contributed by atoms with E-state index in [1.54, 1.807) is 10.8 Å². The van der Waals surface area contributed by atoms with Gasteiger partial charge in [-0.3, -0.25) is 0 Å². The molecule has 6 heteroatoms. The summed E-state index contributed by atoms with van der Waals surface area (Å²) < 4.78 is 28.6. The normalized spacial score (nSPS) is 14.4. The van der Waals surface area contributed by atoms with Crippen LogP contribution in [0.2, 0.25) is 0 Å². The van der Waals surface area contributed by atoms with Gasteiger partial charge < -0.3 is 9.55 Å². The number of nitrogens with zero attached hydrogens (tertiary/aromatic N) is 2. The van der Waals surface area contributed by atoms with E-state index in [1.807, 2.05) is 0 Å². The Morgan fingerprint density at radius 2 is 1.84 bits per heavy atom. The van der Waals surface area contributed by atoms with Gasteiger partial charge >= 0.3 is 0 Å². The fourth-order valence-electron chi connectivity index (χ4n) is 2.60. The van der Waals surface area contributed by atoms with Crippen molar-refractivity contribution in [3.63, 3.8) is 0 Å². The first-order chi connectivity index (χ1) is 9.10. The lowest BCUT2D eigenvalue weighted by Gasteiger charge is -2.11. The molecule has 1 aromatic carbocycles. The van der Waals surface area contributed by atoms with Crippen LogP contribution in [0.5, 0.6) is 0 Å². The zero-order valence-corrected chi connectivity index (χ0v) is 10.6. The van der Waals surface area contributed by atoms with E-state index in [2.05, 4.69) is 11.1 Å². The van der Waals surface area contributed by atoms with Crippen molar-refractivity contribution in [3.05, 3.63) is 51.6 Å². The lowest BCUT2D eigenvalue weighted by atomic mass is 10.1. The molecule has 0 bridgehead atoms. The van der Waals surface area contributed by atoms with Crippen molar-refractivity contribution >= 4 is 12.2 Å². The summed E-state index contributed by atoms with van der Waals surface area (Å²) in [6, 6.07) is 4.45. The monoisotopic (exact) mass is 277 g/mol. The summed E-state index contributed by atoms with van der Waals surface area (Å²) in [5.74, 6) is -1.67. The Bertz CT molecular complexity index is 723. The second kappa shape index (κ2) is 4.28. The molecule has 0 unspecified atom stereocenters. The maximum Gasteiger partial charge on any atom is 0.178 e. The molecule has 0 radical (unpaired) electrons. The molecule has 0 amide bonds. The van der Waals surface area contributed by atoms with Crippen LogP contribution in [-0.2, 0) is 12.8 Å². The van der Waals surface area contributed by atoms with Crippen LogP contribution in [0, 0.1) is 27.7 Å². The average Bonchev–Trinajstić information content (AvgIpc) is 2.93. The van der Waals surface area contributed by atoms with Crippen molar-refractivity contribution < 1.29 is 8.78 Å². The van der Waals surface area contributed by atoms with E-state index in [-0.39, 0.29) is 6.04 Å². The van der Waals surface area contributed by atoms with Gasteiger partial charge in [-0.25, -0.2) is 8.78 Å². The van der Waals surface area contributed by atoms with Crippen LogP contribution in [0.25, 0.3) is 0 Å². The Balaban J connectivity index is 2.03. The van der Waals surface area contributed by atoms with E-state index >= 15 is 0 Å². The minimum atomic E-state index is -0.836. The van der Waals surface area contributed by atoms with E-state index in [9.17, 15) is 8.78 Å². The summed E-state index contributed by atoms with van der Waals surface area (Å²) in [5, 5.41) is 9.04. The highest BCUT2D eigenvalue weighted by Crippen LogP contribution is 2.32. The van der Waals surface area contributed by atoms with Gasteiger partial charge in [-0.2, -0.15) is 5.26 Å². The highest BCUT2D eigenvalue weighted by atomic mass is 32.1. The number of fused-ring (bicyclic) bond motifs is 1. The third-order valence-electron chi connectivity index (χ3n) is 3.44. The highest BCUT2D eigenvalue weighted by molar-refractivity contribution is 7.71. The summed E-state index contributed by atoms with van der Waals surface area (Å²) in [6.45, 7) is 0. The maximum atomic E-state index is 13.2. The van der Waals surface area contributed by atoms with Gasteiger partial charge in [0.25, 0.3) is 0 Å². The molecule has 1 aliphatic carbocycles. The van der Waals surface area contributed by atoms with E-state index in [0.29, 0.717) is 23.3 Å². The van der Waals surface area contributed by atoms with Gasteiger partial charge in [0.15, 0.2) is 16.4 Å². The van der Waals surface area contributed by atoms with Gasteiger partial charge in [-0.05, 0) is 48.3 Å². The molecule has 1 aliphatic rings. The first-order valence-electron chi connectivity index (χ1n) is 5.77. The number of imidazole rings is 1. The molecule has 1 heterocycles. The summed E-state index contributed by atoms with van der Waals surface area (Å²) >= 11 is 5.15. The molecule has 0 atom stereocenters. The zero-order chi connectivity index (χ0) is 13.6. The van der Waals surface area contributed by atoms with Crippen LogP contribution < -0.4 is 0 Å². The first kappa shape index (κ1) is 12.1. The number of H-pyrrole nitrogens is 1. The van der Waals surface area contributed by atoms with Crippen LogP contribution in [0.4, 0.5) is 8.78 Å². The molecule has 0 spiro atoms. The molecular weight excluding hydrogens is 268 g/mol. The number of hydrogen-bond donors (Lipinski definition) is 1. The number of aromatic amines is 1. The number of nitrogens with one attached hydrogen (secondary N) is 1. The van der Waals surface area contributed by atoms with Crippen molar-refractivity contribution in [3.8, 4) is 6.07 Å². The van der Waals surface area contributed by atoms with Gasteiger partial charge in [-0.1, -0.05) is 0 Å². The van der Waals surface area contributed by atoms with Crippen LogP contribution >= 0.6 is 12.2 Å². The van der Waals surface area contributed by atoms with Crippen molar-refractivity contribution in [2.45, 2.75) is 18.9 Å². The van der Waals surface area contributed by atoms with Gasteiger partial charge in [0.05, 0.1) is 0 Å². The van der Waals surface area contributed by atoms with Crippen molar-refractivity contribution in [1.29, 1.82) is 5.26 Å². The molecule has 2 aromatic rings. The van der Waals surface area contributed by atoms with Crippen molar-refractivity contribution in [2.75, 3.05) is 0 Å². The summed E-state index contributed by atoms with van der Waals surface area (Å²) in [4.78, 5) is 2.82. The Kier molecular flexibility index (Phi) is 2.72. The third kappa shape index (κ3) is 1.87. The Labute approximate surface area is 113 Å². The lowest BCUT2D eigenvalue weighted by molar-refractivity contribution is 0.507. The number of rotatable bonds is 1. The average molecular weight is 277 g/mol. The number of nitriles is 1. The summed E-state index contributed by atoms with van der Waals surface area (Å²) in [6.07, 6.45) is 2.65. The van der Waals surface area contributed by atoms with Crippen molar-refractivity contribution in [1.82, 2.24) is 9.55 Å². The smallest absolute Gasteiger partial charge is 0.178 e. The maximum absolute atomic E-state index is 13.2. The lowest BCUT2D eigenvalue weighted by Crippen LogP contribution is -2.11. The number of aromatic nitrogens is 2. The third-order valence-corrected chi connectivity index (χ3v) is 3.76. The van der Waals surface area contributed by atoms with Gasteiger partial charge in [0.1, 0.15) is 11.8 Å². The fraction of sp³-hybridized carbons (Fsp3) is 0.231. The molecule has 96 valence electrons. The topological polar surface area (TPSA) is 44.5 Å². The van der Waals surface area contributed by atoms with Gasteiger partial charge in [-0.15, -0.1) is 0 Å². The first-order valence-corrected chi connectivity index (χ1v) is 6.18. The molecule has 1 N–H and O–H groups in total. The van der Waals surface area contributed by atoms with E-state index < -0.39 is 11.6 Å². The molecule has 0 aliphatic heterocycles. The molecule has 3 rings (SSSR count). The molecule has 1 aromatic heterocycles. The molecule has 0 saturated carbocycles. The van der Waals surface area contributed by atoms with E-state index in [1.165, 1.54) is 12.1 Å². The largest absolute Gasteiger partial charge is 0.336 e. The second-order valence-electron chi connectivity index (χ2n) is 4.56. The fourth-order valence-corrected chi connectivity index (χ4v) is 2.91. The molecule has 3 nitrogen and oxygen atoms in total. The van der Waals surface area contributed by atoms with Crippen LogP contribution in [0.3, 0.4) is 0 Å². The Hall–Kier alpha value is -2.00. The number of hydrogen-bond acceptors (Lipinski definition) is 2. The predicted octanol–water partition coefficient (Wildman–Crippen LogP) is 3.04. The minimum Gasteiger partial charge on any atom is -0.336 e. The number of halogens is 2. The molecule has 0 saturated heterocycles. The standard InChI is InChI=1S/C13H9F2N3S/c14-11-3-7-1-9(2-8(7)4-12(11)15)18-10(5-16)6-17-13(18)19/h3-4,6,9H,1-2H2,(H,17,19). The second-order valence-corrected chi connectivity index (χ2v) is 4.94. The minimum absolute atomic E-state index is 0.0652.